The van der Waals surface area contributed by atoms with Crippen LogP contribution in [0.5, 0.6) is 0 Å². The second-order valence-corrected chi connectivity index (χ2v) is 5.97. The Bertz CT molecular complexity index is 192. The Morgan fingerprint density at radius 1 is 1.06 bits per heavy atom. The van der Waals surface area contributed by atoms with Crippen molar-refractivity contribution in [1.82, 2.24) is 0 Å². The summed E-state index contributed by atoms with van der Waals surface area (Å²) in [6.45, 7) is 8.44. The van der Waals surface area contributed by atoms with E-state index >= 15 is 0 Å². The number of hydrogen-bond donors (Lipinski definition) is 1. The first kappa shape index (κ1) is 15.6. The van der Waals surface area contributed by atoms with Gasteiger partial charge < -0.3 is 18.4 Å². The molecule has 0 aliphatic heterocycles. The highest BCUT2D eigenvalue weighted by molar-refractivity contribution is 6.66. The molecule has 0 rings (SSSR count). The third kappa shape index (κ3) is 3.86. The summed E-state index contributed by atoms with van der Waals surface area (Å²) >= 11 is 0. The summed E-state index contributed by atoms with van der Waals surface area (Å²) < 4.78 is 16.6. The van der Waals surface area contributed by atoms with Gasteiger partial charge in [-0.2, -0.15) is 0 Å². The molecule has 0 aromatic heterocycles. The zero-order chi connectivity index (χ0) is 12.6. The van der Waals surface area contributed by atoms with Crippen LogP contribution in [-0.2, 0) is 18.1 Å². The van der Waals surface area contributed by atoms with Crippen LogP contribution < -0.4 is 0 Å². The Hall–Kier alpha value is -0.433. The first-order valence-electron chi connectivity index (χ1n) is 5.72. The molecule has 0 aliphatic rings. The van der Waals surface area contributed by atoms with Crippen molar-refractivity contribution in [2.75, 3.05) is 19.8 Å². The van der Waals surface area contributed by atoms with E-state index in [9.17, 15) is 9.90 Å². The summed E-state index contributed by atoms with van der Waals surface area (Å²) in [5, 5.41) is 9.18. The number of carboxylic acid groups (broad SMARTS) is 1. The molecule has 6 heteroatoms. The monoisotopic (exact) mass is 250 g/mol. The molecule has 0 spiro atoms. The van der Waals surface area contributed by atoms with Gasteiger partial charge in [0.1, 0.15) is 5.54 Å². The summed E-state index contributed by atoms with van der Waals surface area (Å²) in [6.07, 6.45) is 0.446. The van der Waals surface area contributed by atoms with Crippen LogP contribution in [0, 0.1) is 0 Å². The smallest absolute Gasteiger partial charge is 0.481 e. The van der Waals surface area contributed by atoms with Crippen LogP contribution in [0.4, 0.5) is 0 Å². The Balaban J connectivity index is 5.01. The van der Waals surface area contributed by atoms with Crippen LogP contribution in [-0.4, -0.2) is 39.7 Å². The third-order valence-corrected chi connectivity index (χ3v) is 5.75. The van der Waals surface area contributed by atoms with E-state index in [0.29, 0.717) is 26.2 Å². The van der Waals surface area contributed by atoms with Crippen molar-refractivity contribution < 1.29 is 23.2 Å². The quantitative estimate of drug-likeness (QED) is 0.633. The normalized spacial score (nSPS) is 13.8. The van der Waals surface area contributed by atoms with Crippen LogP contribution >= 0.6 is 0 Å². The summed E-state index contributed by atoms with van der Waals surface area (Å²) in [5.74, 6) is -0.912. The van der Waals surface area contributed by atoms with Gasteiger partial charge in [0.15, 0.2) is 0 Å². The fraction of sp³-hybridized carbons (Fsp3) is 0.900. The van der Waals surface area contributed by atoms with Crippen molar-refractivity contribution in [1.29, 1.82) is 0 Å². The highest BCUT2D eigenvalue weighted by Gasteiger charge is 2.52. The van der Waals surface area contributed by atoms with Gasteiger partial charge in [-0.3, -0.25) is 4.79 Å². The maximum atomic E-state index is 11.2. The highest BCUT2D eigenvalue weighted by Crippen LogP contribution is 2.29. The second-order valence-electron chi connectivity index (χ2n) is 3.20. The standard InChI is InChI=1S/C10H22O5Si/c1-5-9(10(11)12)16(13-6-2,14-7-3)15-8-4/h9H,5-8H2,1-4H3,(H,11,12). The molecular weight excluding hydrogens is 228 g/mol. The van der Waals surface area contributed by atoms with Crippen molar-refractivity contribution in [3.8, 4) is 0 Å². The topological polar surface area (TPSA) is 65.0 Å². The molecule has 0 radical (unpaired) electrons. The molecule has 0 saturated heterocycles. The molecule has 1 unspecified atom stereocenters. The number of carboxylic acids is 1. The van der Waals surface area contributed by atoms with E-state index in [2.05, 4.69) is 0 Å². The minimum Gasteiger partial charge on any atom is -0.481 e. The molecule has 0 aliphatic carbocycles. The maximum absolute atomic E-state index is 11.2. The van der Waals surface area contributed by atoms with Crippen LogP contribution in [0.15, 0.2) is 0 Å². The van der Waals surface area contributed by atoms with Crippen LogP contribution in [0.3, 0.4) is 0 Å². The molecule has 0 amide bonds. The van der Waals surface area contributed by atoms with Crippen LogP contribution in [0.2, 0.25) is 5.54 Å². The fourth-order valence-electron chi connectivity index (χ4n) is 1.61. The zero-order valence-electron chi connectivity index (χ0n) is 10.5. The van der Waals surface area contributed by atoms with Crippen molar-refractivity contribution in [2.45, 2.75) is 39.7 Å². The number of rotatable bonds is 9. The van der Waals surface area contributed by atoms with Crippen molar-refractivity contribution in [2.24, 2.45) is 0 Å². The molecule has 16 heavy (non-hydrogen) atoms. The van der Waals surface area contributed by atoms with Gasteiger partial charge in [0.25, 0.3) is 0 Å². The van der Waals surface area contributed by atoms with Gasteiger partial charge in [0.05, 0.1) is 0 Å². The van der Waals surface area contributed by atoms with Gasteiger partial charge in [-0.05, 0) is 27.2 Å². The molecule has 96 valence electrons. The molecular formula is C10H22O5Si. The highest BCUT2D eigenvalue weighted by atomic mass is 28.4. The lowest BCUT2D eigenvalue weighted by Crippen LogP contribution is -2.52. The summed E-state index contributed by atoms with van der Waals surface area (Å²) in [4.78, 5) is 11.2. The van der Waals surface area contributed by atoms with Crippen molar-refractivity contribution >= 4 is 14.8 Å². The average Bonchev–Trinajstić information content (AvgIpc) is 2.19. The Morgan fingerprint density at radius 3 is 1.62 bits per heavy atom. The maximum Gasteiger partial charge on any atom is 0.515 e. The van der Waals surface area contributed by atoms with E-state index < -0.39 is 20.3 Å². The minimum atomic E-state index is -3.09. The number of hydrogen-bond acceptors (Lipinski definition) is 4. The number of aliphatic carboxylic acids is 1. The average molecular weight is 250 g/mol. The third-order valence-electron chi connectivity index (χ3n) is 2.17. The van der Waals surface area contributed by atoms with Crippen LogP contribution in [0.25, 0.3) is 0 Å². The molecule has 0 heterocycles. The van der Waals surface area contributed by atoms with Gasteiger partial charge in [-0.1, -0.05) is 6.92 Å². The lowest BCUT2D eigenvalue weighted by Gasteiger charge is -2.32. The van der Waals surface area contributed by atoms with Crippen molar-refractivity contribution in [3.63, 3.8) is 0 Å². The predicted octanol–water partition coefficient (Wildman–Crippen LogP) is 1.90. The van der Waals surface area contributed by atoms with Gasteiger partial charge in [0.2, 0.25) is 0 Å². The van der Waals surface area contributed by atoms with E-state index in [0.717, 1.165) is 0 Å². The largest absolute Gasteiger partial charge is 0.515 e. The first-order valence-corrected chi connectivity index (χ1v) is 7.52. The van der Waals surface area contributed by atoms with Gasteiger partial charge in [0, 0.05) is 19.8 Å². The summed E-state index contributed by atoms with van der Waals surface area (Å²) in [7, 11) is -3.09. The first-order chi connectivity index (χ1) is 7.57. The van der Waals surface area contributed by atoms with Gasteiger partial charge in [-0.25, -0.2) is 0 Å². The predicted molar refractivity (Wildman–Crippen MR) is 62.3 cm³/mol. The van der Waals surface area contributed by atoms with E-state index in [1.807, 2.05) is 20.8 Å². The van der Waals surface area contributed by atoms with Gasteiger partial charge >= 0.3 is 14.8 Å². The minimum absolute atomic E-state index is 0.399. The molecule has 1 N–H and O–H groups in total. The van der Waals surface area contributed by atoms with E-state index in [1.54, 1.807) is 6.92 Å². The Morgan fingerprint density at radius 2 is 1.44 bits per heavy atom. The molecule has 5 nitrogen and oxygen atoms in total. The summed E-state index contributed by atoms with van der Waals surface area (Å²) in [5.41, 5.74) is -0.688. The molecule has 0 bridgehead atoms. The molecule has 0 aromatic rings. The SMILES string of the molecule is CCO[Si](OCC)(OCC)C(CC)C(=O)O. The fourth-order valence-corrected chi connectivity index (χ4v) is 4.47. The van der Waals surface area contributed by atoms with E-state index in [-0.39, 0.29) is 0 Å². The van der Waals surface area contributed by atoms with E-state index in [1.165, 1.54) is 0 Å². The zero-order valence-corrected chi connectivity index (χ0v) is 11.5. The summed E-state index contributed by atoms with van der Waals surface area (Å²) in [6, 6.07) is 0. The van der Waals surface area contributed by atoms with Crippen LogP contribution in [0.1, 0.15) is 34.1 Å². The van der Waals surface area contributed by atoms with Gasteiger partial charge in [-0.15, -0.1) is 0 Å². The second kappa shape index (κ2) is 7.78. The lowest BCUT2D eigenvalue weighted by atomic mass is 10.3. The van der Waals surface area contributed by atoms with E-state index in [4.69, 9.17) is 13.3 Å². The van der Waals surface area contributed by atoms with Crippen molar-refractivity contribution in [3.05, 3.63) is 0 Å². The Kier molecular flexibility index (Phi) is 7.57. The molecule has 1 atom stereocenters. The Labute approximate surface area is 98.1 Å². The molecule has 0 saturated carbocycles. The number of carbonyl (C=O) groups is 1. The lowest BCUT2D eigenvalue weighted by molar-refractivity contribution is -0.138. The molecule has 0 aromatic carbocycles. The molecule has 0 fully saturated rings.